The van der Waals surface area contributed by atoms with E-state index >= 15 is 0 Å². The first-order chi connectivity index (χ1) is 10.2. The summed E-state index contributed by atoms with van der Waals surface area (Å²) < 4.78 is 10.7. The van der Waals surface area contributed by atoms with Gasteiger partial charge in [0.25, 0.3) is 0 Å². The van der Waals surface area contributed by atoms with Crippen LogP contribution < -0.4 is 5.32 Å². The molecular weight excluding hydrogens is 292 g/mol. The first kappa shape index (κ1) is 15.8. The molecule has 21 heavy (non-hydrogen) atoms. The van der Waals surface area contributed by atoms with E-state index in [4.69, 9.17) is 26.3 Å². The van der Waals surface area contributed by atoms with Crippen molar-refractivity contribution in [3.63, 3.8) is 0 Å². The maximum absolute atomic E-state index is 11.8. The van der Waals surface area contributed by atoms with E-state index in [1.807, 2.05) is 6.07 Å². The summed E-state index contributed by atoms with van der Waals surface area (Å²) in [5.74, 6) is -0.334. The van der Waals surface area contributed by atoms with E-state index in [1.165, 1.54) is 0 Å². The Morgan fingerprint density at radius 2 is 2.48 bits per heavy atom. The van der Waals surface area contributed by atoms with E-state index in [0.717, 1.165) is 19.4 Å². The molecule has 1 aliphatic heterocycles. The third-order valence-corrected chi connectivity index (χ3v) is 3.41. The smallest absolute Gasteiger partial charge is 0.247 e. The second-order valence-corrected chi connectivity index (χ2v) is 5.27. The highest BCUT2D eigenvalue weighted by atomic mass is 35.5. The summed E-state index contributed by atoms with van der Waals surface area (Å²) in [5.41, 5.74) is 0.650. The number of ether oxygens (including phenoxy) is 2. The minimum atomic E-state index is -0.734. The Morgan fingerprint density at radius 3 is 3.14 bits per heavy atom. The molecule has 6 heteroatoms. The van der Waals surface area contributed by atoms with Crippen molar-refractivity contribution in [3.8, 4) is 6.07 Å². The van der Waals surface area contributed by atoms with Crippen molar-refractivity contribution in [2.75, 3.05) is 19.8 Å². The summed E-state index contributed by atoms with van der Waals surface area (Å²) in [5, 5.41) is 12.3. The molecule has 1 aromatic carbocycles. The number of halogens is 1. The molecule has 2 rings (SSSR count). The second kappa shape index (κ2) is 7.99. The van der Waals surface area contributed by atoms with Crippen LogP contribution in [0.2, 0.25) is 5.02 Å². The van der Waals surface area contributed by atoms with E-state index in [-0.39, 0.29) is 18.6 Å². The van der Waals surface area contributed by atoms with Crippen LogP contribution in [0.5, 0.6) is 0 Å². The fourth-order valence-corrected chi connectivity index (χ4v) is 2.34. The van der Waals surface area contributed by atoms with E-state index in [1.54, 1.807) is 24.3 Å². The predicted octanol–water partition coefficient (Wildman–Crippen LogP) is 2.22. The standard InChI is InChI=1S/C15H17ClN2O3/c16-12-4-1-3-11(7-12)14(8-17)18-15(19)10-20-9-13-5-2-6-21-13/h1,3-4,7,13-14H,2,5-6,9-10H2,(H,18,19)/t13-,14-/m0/s1. The van der Waals surface area contributed by atoms with Crippen LogP contribution in [0.1, 0.15) is 24.4 Å². The van der Waals surface area contributed by atoms with E-state index < -0.39 is 6.04 Å². The van der Waals surface area contributed by atoms with Gasteiger partial charge in [-0.25, -0.2) is 0 Å². The van der Waals surface area contributed by atoms with Gasteiger partial charge in [0.15, 0.2) is 0 Å². The molecule has 1 aliphatic rings. The van der Waals surface area contributed by atoms with Gasteiger partial charge in [0.1, 0.15) is 12.6 Å². The van der Waals surface area contributed by atoms with Gasteiger partial charge in [-0.2, -0.15) is 5.26 Å². The van der Waals surface area contributed by atoms with Gasteiger partial charge < -0.3 is 14.8 Å². The van der Waals surface area contributed by atoms with Gasteiger partial charge in [-0.15, -0.1) is 0 Å². The largest absolute Gasteiger partial charge is 0.376 e. The maximum Gasteiger partial charge on any atom is 0.247 e. The van der Waals surface area contributed by atoms with E-state index in [2.05, 4.69) is 5.32 Å². The van der Waals surface area contributed by atoms with Crippen LogP contribution in [-0.2, 0) is 14.3 Å². The Morgan fingerprint density at radius 1 is 1.62 bits per heavy atom. The Balaban J connectivity index is 1.78. The monoisotopic (exact) mass is 308 g/mol. The van der Waals surface area contributed by atoms with Crippen LogP contribution in [0.3, 0.4) is 0 Å². The highest BCUT2D eigenvalue weighted by Crippen LogP contribution is 2.17. The fraction of sp³-hybridized carbons (Fsp3) is 0.467. The van der Waals surface area contributed by atoms with E-state index in [0.29, 0.717) is 17.2 Å². The third kappa shape index (κ3) is 5.01. The lowest BCUT2D eigenvalue weighted by Crippen LogP contribution is -2.32. The molecule has 0 aliphatic carbocycles. The predicted molar refractivity (Wildman–Crippen MR) is 77.7 cm³/mol. The van der Waals surface area contributed by atoms with Gasteiger partial charge in [-0.1, -0.05) is 23.7 Å². The van der Waals surface area contributed by atoms with Crippen molar-refractivity contribution in [1.29, 1.82) is 5.26 Å². The van der Waals surface area contributed by atoms with Crippen molar-refractivity contribution in [2.45, 2.75) is 25.0 Å². The van der Waals surface area contributed by atoms with Gasteiger partial charge in [-0.3, -0.25) is 4.79 Å². The van der Waals surface area contributed by atoms with Crippen molar-refractivity contribution >= 4 is 17.5 Å². The molecular formula is C15H17ClN2O3. The van der Waals surface area contributed by atoms with E-state index in [9.17, 15) is 4.79 Å². The lowest BCUT2D eigenvalue weighted by Gasteiger charge is -2.13. The maximum atomic E-state index is 11.8. The minimum absolute atomic E-state index is 0.0810. The molecule has 2 atom stereocenters. The molecule has 0 aromatic heterocycles. The van der Waals surface area contributed by atoms with Crippen LogP contribution in [0, 0.1) is 11.3 Å². The number of carbonyl (C=O) groups excluding carboxylic acids is 1. The lowest BCUT2D eigenvalue weighted by atomic mass is 10.1. The zero-order valence-corrected chi connectivity index (χ0v) is 12.3. The molecule has 1 fully saturated rings. The summed E-state index contributed by atoms with van der Waals surface area (Å²) in [6.45, 7) is 1.08. The first-order valence-electron chi connectivity index (χ1n) is 6.83. The number of hydrogen-bond donors (Lipinski definition) is 1. The van der Waals surface area contributed by atoms with Gasteiger partial charge >= 0.3 is 0 Å². The molecule has 0 spiro atoms. The van der Waals surface area contributed by atoms with Gasteiger partial charge in [-0.05, 0) is 30.5 Å². The Labute approximate surface area is 128 Å². The molecule has 5 nitrogen and oxygen atoms in total. The first-order valence-corrected chi connectivity index (χ1v) is 7.20. The molecule has 0 radical (unpaired) electrons. The molecule has 0 bridgehead atoms. The van der Waals surface area contributed by atoms with Gasteiger partial charge in [0, 0.05) is 11.6 Å². The van der Waals surface area contributed by atoms with Gasteiger partial charge in [0.05, 0.1) is 18.8 Å². The Hall–Kier alpha value is -1.61. The molecule has 1 heterocycles. The molecule has 112 valence electrons. The normalized spacial score (nSPS) is 19.0. The lowest BCUT2D eigenvalue weighted by molar-refractivity contribution is -0.127. The van der Waals surface area contributed by atoms with Crippen molar-refractivity contribution in [1.82, 2.24) is 5.32 Å². The summed E-state index contributed by atoms with van der Waals surface area (Å²) in [6, 6.07) is 8.15. The molecule has 1 saturated heterocycles. The van der Waals surface area contributed by atoms with Crippen molar-refractivity contribution in [3.05, 3.63) is 34.9 Å². The number of carbonyl (C=O) groups is 1. The quantitative estimate of drug-likeness (QED) is 0.874. The highest BCUT2D eigenvalue weighted by molar-refractivity contribution is 6.30. The average Bonchev–Trinajstić information content (AvgIpc) is 2.98. The number of nitriles is 1. The SMILES string of the molecule is N#C[C@H](NC(=O)COC[C@@H]1CCCO1)c1cccc(Cl)c1. The second-order valence-electron chi connectivity index (χ2n) is 4.83. The number of nitrogens with zero attached hydrogens (tertiary/aromatic N) is 1. The molecule has 1 amide bonds. The van der Waals surface area contributed by atoms with Crippen molar-refractivity contribution in [2.24, 2.45) is 0 Å². The number of rotatable bonds is 6. The van der Waals surface area contributed by atoms with Crippen LogP contribution in [-0.4, -0.2) is 31.8 Å². The fourth-order valence-electron chi connectivity index (χ4n) is 2.14. The van der Waals surface area contributed by atoms with Crippen LogP contribution in [0.15, 0.2) is 24.3 Å². The Kier molecular flexibility index (Phi) is 6.00. The molecule has 1 N–H and O–H groups in total. The number of amides is 1. The summed E-state index contributed by atoms with van der Waals surface area (Å²) in [7, 11) is 0. The number of nitrogens with one attached hydrogen (secondary N) is 1. The van der Waals surface area contributed by atoms with Crippen LogP contribution in [0.25, 0.3) is 0 Å². The number of hydrogen-bond acceptors (Lipinski definition) is 4. The zero-order chi connectivity index (χ0) is 15.1. The molecule has 1 aromatic rings. The highest BCUT2D eigenvalue weighted by Gasteiger charge is 2.17. The third-order valence-electron chi connectivity index (χ3n) is 3.18. The summed E-state index contributed by atoms with van der Waals surface area (Å²) in [4.78, 5) is 11.8. The summed E-state index contributed by atoms with van der Waals surface area (Å²) >= 11 is 5.88. The molecule has 0 unspecified atom stereocenters. The minimum Gasteiger partial charge on any atom is -0.376 e. The number of benzene rings is 1. The average molecular weight is 309 g/mol. The Bertz CT molecular complexity index is 524. The van der Waals surface area contributed by atoms with Crippen LogP contribution >= 0.6 is 11.6 Å². The zero-order valence-electron chi connectivity index (χ0n) is 11.5. The van der Waals surface area contributed by atoms with Crippen molar-refractivity contribution < 1.29 is 14.3 Å². The molecule has 0 saturated carbocycles. The van der Waals surface area contributed by atoms with Crippen LogP contribution in [0.4, 0.5) is 0 Å². The van der Waals surface area contributed by atoms with Gasteiger partial charge in [0.2, 0.25) is 5.91 Å². The topological polar surface area (TPSA) is 71.4 Å². The summed E-state index contributed by atoms with van der Waals surface area (Å²) in [6.07, 6.45) is 2.08.